The number of amides is 1. The van der Waals surface area contributed by atoms with E-state index in [1.54, 1.807) is 18.2 Å². The maximum atomic E-state index is 11.9. The zero-order valence-corrected chi connectivity index (χ0v) is 12.6. The van der Waals surface area contributed by atoms with Gasteiger partial charge in [0.05, 0.1) is 26.1 Å². The quantitative estimate of drug-likeness (QED) is 0.801. The number of aromatic nitrogens is 2. The molecular formula is C15H15N3O5. The lowest BCUT2D eigenvalue weighted by molar-refractivity contribution is -0.119. The molecule has 1 aromatic heterocycles. The molecule has 0 saturated heterocycles. The van der Waals surface area contributed by atoms with Gasteiger partial charge < -0.3 is 19.5 Å². The van der Waals surface area contributed by atoms with Crippen molar-refractivity contribution in [3.8, 4) is 11.5 Å². The molecule has 2 rings (SSSR count). The SMILES string of the molecule is COc1ccc(OC)c(NC(=O)COC(=O)c2cnccn2)c1. The lowest BCUT2D eigenvalue weighted by Crippen LogP contribution is -2.21. The molecule has 1 heterocycles. The van der Waals surface area contributed by atoms with E-state index in [9.17, 15) is 9.59 Å². The summed E-state index contributed by atoms with van der Waals surface area (Å²) >= 11 is 0. The zero-order valence-electron chi connectivity index (χ0n) is 12.6. The number of benzene rings is 1. The second-order valence-electron chi connectivity index (χ2n) is 4.28. The summed E-state index contributed by atoms with van der Waals surface area (Å²) in [5, 5.41) is 2.59. The van der Waals surface area contributed by atoms with E-state index in [1.807, 2.05) is 0 Å². The van der Waals surface area contributed by atoms with E-state index in [-0.39, 0.29) is 5.69 Å². The van der Waals surface area contributed by atoms with Crippen LogP contribution >= 0.6 is 0 Å². The Bertz CT molecular complexity index is 691. The summed E-state index contributed by atoms with van der Waals surface area (Å²) in [6.45, 7) is -0.463. The van der Waals surface area contributed by atoms with Crippen molar-refractivity contribution in [1.82, 2.24) is 9.97 Å². The average Bonchev–Trinajstić information content (AvgIpc) is 2.60. The van der Waals surface area contributed by atoms with Crippen LogP contribution in [0.15, 0.2) is 36.8 Å². The fourth-order valence-corrected chi connectivity index (χ4v) is 1.71. The van der Waals surface area contributed by atoms with Gasteiger partial charge in [-0.15, -0.1) is 0 Å². The summed E-state index contributed by atoms with van der Waals surface area (Å²) in [6.07, 6.45) is 4.04. The third-order valence-electron chi connectivity index (χ3n) is 2.79. The number of ether oxygens (including phenoxy) is 3. The van der Waals surface area contributed by atoms with Crippen LogP contribution in [0.5, 0.6) is 11.5 Å². The van der Waals surface area contributed by atoms with Crippen molar-refractivity contribution in [3.63, 3.8) is 0 Å². The number of hydrogen-bond donors (Lipinski definition) is 1. The van der Waals surface area contributed by atoms with Gasteiger partial charge in [-0.2, -0.15) is 0 Å². The Kier molecular flexibility index (Phi) is 5.45. The van der Waals surface area contributed by atoms with Crippen LogP contribution in [0.4, 0.5) is 5.69 Å². The van der Waals surface area contributed by atoms with E-state index in [0.717, 1.165) is 0 Å². The highest BCUT2D eigenvalue weighted by molar-refractivity contribution is 5.95. The van der Waals surface area contributed by atoms with E-state index in [4.69, 9.17) is 14.2 Å². The normalized spacial score (nSPS) is 9.83. The third kappa shape index (κ3) is 4.40. The van der Waals surface area contributed by atoms with E-state index in [0.29, 0.717) is 17.2 Å². The van der Waals surface area contributed by atoms with Gasteiger partial charge in [0, 0.05) is 18.5 Å². The predicted octanol–water partition coefficient (Wildman–Crippen LogP) is 1.29. The number of esters is 1. The van der Waals surface area contributed by atoms with Gasteiger partial charge in [0.25, 0.3) is 5.91 Å². The van der Waals surface area contributed by atoms with Gasteiger partial charge in [-0.25, -0.2) is 9.78 Å². The lowest BCUT2D eigenvalue weighted by atomic mass is 10.2. The molecule has 1 aromatic carbocycles. The van der Waals surface area contributed by atoms with Crippen LogP contribution in [0.2, 0.25) is 0 Å². The summed E-state index contributed by atoms with van der Waals surface area (Å²) in [6, 6.07) is 4.95. The first-order valence-corrected chi connectivity index (χ1v) is 6.59. The first kappa shape index (κ1) is 16.2. The molecule has 1 amide bonds. The Morgan fingerprint density at radius 1 is 1.17 bits per heavy atom. The minimum atomic E-state index is -0.731. The zero-order chi connectivity index (χ0) is 16.7. The van der Waals surface area contributed by atoms with Gasteiger partial charge in [0.15, 0.2) is 12.3 Å². The number of methoxy groups -OCH3 is 2. The minimum Gasteiger partial charge on any atom is -0.497 e. The number of nitrogens with one attached hydrogen (secondary N) is 1. The number of anilines is 1. The molecule has 0 bridgehead atoms. The molecule has 0 spiro atoms. The smallest absolute Gasteiger partial charge is 0.359 e. The van der Waals surface area contributed by atoms with Crippen LogP contribution in [0.25, 0.3) is 0 Å². The van der Waals surface area contributed by atoms with Crippen LogP contribution in [0.3, 0.4) is 0 Å². The van der Waals surface area contributed by atoms with Gasteiger partial charge in [0.1, 0.15) is 11.5 Å². The van der Waals surface area contributed by atoms with E-state index < -0.39 is 18.5 Å². The number of carbonyl (C=O) groups is 2. The summed E-state index contributed by atoms with van der Waals surface area (Å²) in [7, 11) is 2.99. The monoisotopic (exact) mass is 317 g/mol. The maximum absolute atomic E-state index is 11.9. The molecular weight excluding hydrogens is 302 g/mol. The Morgan fingerprint density at radius 3 is 2.65 bits per heavy atom. The van der Waals surface area contributed by atoms with Crippen molar-refractivity contribution in [3.05, 3.63) is 42.5 Å². The van der Waals surface area contributed by atoms with Crippen LogP contribution in [-0.2, 0) is 9.53 Å². The van der Waals surface area contributed by atoms with Crippen molar-refractivity contribution < 1.29 is 23.8 Å². The Labute approximate surface area is 132 Å². The molecule has 8 heteroatoms. The highest BCUT2D eigenvalue weighted by atomic mass is 16.5. The van der Waals surface area contributed by atoms with Crippen molar-refractivity contribution in [2.45, 2.75) is 0 Å². The minimum absolute atomic E-state index is 0.0271. The first-order chi connectivity index (χ1) is 11.1. The van der Waals surface area contributed by atoms with Crippen molar-refractivity contribution >= 4 is 17.6 Å². The predicted molar refractivity (Wildman–Crippen MR) is 80.5 cm³/mol. The molecule has 0 aliphatic carbocycles. The largest absolute Gasteiger partial charge is 0.497 e. The Morgan fingerprint density at radius 2 is 2.00 bits per heavy atom. The van der Waals surface area contributed by atoms with Gasteiger partial charge >= 0.3 is 5.97 Å². The first-order valence-electron chi connectivity index (χ1n) is 6.59. The summed E-state index contributed by atoms with van der Waals surface area (Å²) in [4.78, 5) is 31.1. The molecule has 0 saturated carbocycles. The fraction of sp³-hybridized carbons (Fsp3) is 0.200. The second kappa shape index (κ2) is 7.74. The molecule has 0 unspecified atom stereocenters. The lowest BCUT2D eigenvalue weighted by Gasteiger charge is -2.11. The van der Waals surface area contributed by atoms with Crippen LogP contribution in [0, 0.1) is 0 Å². The third-order valence-corrected chi connectivity index (χ3v) is 2.79. The average molecular weight is 317 g/mol. The molecule has 120 valence electrons. The van der Waals surface area contributed by atoms with Crippen LogP contribution in [0.1, 0.15) is 10.5 Å². The molecule has 0 radical (unpaired) electrons. The molecule has 0 aliphatic rings. The molecule has 0 fully saturated rings. The van der Waals surface area contributed by atoms with Crippen molar-refractivity contribution in [2.75, 3.05) is 26.1 Å². The molecule has 0 aliphatic heterocycles. The Hall–Kier alpha value is -3.16. The fourth-order valence-electron chi connectivity index (χ4n) is 1.71. The molecule has 0 atom stereocenters. The van der Waals surface area contributed by atoms with Gasteiger partial charge in [0.2, 0.25) is 0 Å². The van der Waals surface area contributed by atoms with Crippen molar-refractivity contribution in [1.29, 1.82) is 0 Å². The van der Waals surface area contributed by atoms with Gasteiger partial charge in [-0.05, 0) is 12.1 Å². The van der Waals surface area contributed by atoms with Gasteiger partial charge in [-0.3, -0.25) is 9.78 Å². The van der Waals surface area contributed by atoms with Crippen molar-refractivity contribution in [2.24, 2.45) is 0 Å². The highest BCUT2D eigenvalue weighted by Crippen LogP contribution is 2.28. The highest BCUT2D eigenvalue weighted by Gasteiger charge is 2.13. The summed E-state index contributed by atoms with van der Waals surface area (Å²) in [5.74, 6) is -0.239. The maximum Gasteiger partial charge on any atom is 0.359 e. The number of hydrogen-bond acceptors (Lipinski definition) is 7. The van der Waals surface area contributed by atoms with Crippen LogP contribution < -0.4 is 14.8 Å². The van der Waals surface area contributed by atoms with E-state index in [1.165, 1.54) is 32.8 Å². The Balaban J connectivity index is 1.96. The number of nitrogens with zero attached hydrogens (tertiary/aromatic N) is 2. The summed E-state index contributed by atoms with van der Waals surface area (Å²) < 4.78 is 15.1. The van der Waals surface area contributed by atoms with Crippen LogP contribution in [-0.4, -0.2) is 42.7 Å². The topological polar surface area (TPSA) is 99.6 Å². The molecule has 1 N–H and O–H groups in total. The number of carbonyl (C=O) groups excluding carboxylic acids is 2. The standard InChI is InChI=1S/C15H15N3O5/c1-21-10-3-4-13(22-2)11(7-10)18-14(19)9-23-15(20)12-8-16-5-6-17-12/h3-8H,9H2,1-2H3,(H,18,19). The second-order valence-corrected chi connectivity index (χ2v) is 4.28. The molecule has 2 aromatic rings. The summed E-state index contributed by atoms with van der Waals surface area (Å²) in [5.41, 5.74) is 0.437. The molecule has 8 nitrogen and oxygen atoms in total. The van der Waals surface area contributed by atoms with E-state index >= 15 is 0 Å². The van der Waals surface area contributed by atoms with E-state index in [2.05, 4.69) is 15.3 Å². The number of rotatable bonds is 6. The van der Waals surface area contributed by atoms with Gasteiger partial charge in [-0.1, -0.05) is 0 Å². The molecule has 23 heavy (non-hydrogen) atoms.